The first-order valence-electron chi connectivity index (χ1n) is 8.11. The second kappa shape index (κ2) is 7.09. The second-order valence-corrected chi connectivity index (χ2v) is 6.18. The highest BCUT2D eigenvalue weighted by atomic mass is 35.5. The highest BCUT2D eigenvalue weighted by Crippen LogP contribution is 2.27. The van der Waals surface area contributed by atoms with Crippen LogP contribution in [0, 0.1) is 17.1 Å². The van der Waals surface area contributed by atoms with Crippen molar-refractivity contribution >= 4 is 28.9 Å². The summed E-state index contributed by atoms with van der Waals surface area (Å²) in [6.07, 6.45) is 2.72. The Balaban J connectivity index is 1.80. The summed E-state index contributed by atoms with van der Waals surface area (Å²) in [7, 11) is 0. The topological polar surface area (TPSA) is 118 Å². The minimum atomic E-state index is -0.421. The lowest BCUT2D eigenvalue weighted by Crippen LogP contribution is -2.09. The van der Waals surface area contributed by atoms with Gasteiger partial charge in [0, 0.05) is 17.7 Å². The minimum Gasteiger partial charge on any atom is -0.382 e. The summed E-state index contributed by atoms with van der Waals surface area (Å²) in [6, 6.07) is 10.0. The van der Waals surface area contributed by atoms with E-state index in [2.05, 4.69) is 25.4 Å². The van der Waals surface area contributed by atoms with Gasteiger partial charge in [0.2, 0.25) is 0 Å². The number of fused-ring (bicyclic) bond motifs is 1. The Morgan fingerprint density at radius 2 is 2.07 bits per heavy atom. The van der Waals surface area contributed by atoms with Crippen LogP contribution in [-0.4, -0.2) is 24.6 Å². The van der Waals surface area contributed by atoms with Gasteiger partial charge in [-0.05, 0) is 18.2 Å². The molecule has 0 aliphatic rings. The second-order valence-electron chi connectivity index (χ2n) is 5.80. The Kier molecular flexibility index (Phi) is 4.47. The number of nitrogens with zero attached hydrogens (tertiary/aromatic N) is 6. The highest BCUT2D eigenvalue weighted by molar-refractivity contribution is 6.29. The van der Waals surface area contributed by atoms with E-state index in [0.717, 1.165) is 0 Å². The number of nitrogens with two attached hydrogens (primary N) is 1. The highest BCUT2D eigenvalue weighted by Gasteiger charge is 2.16. The predicted molar refractivity (Wildman–Crippen MR) is 102 cm³/mol. The van der Waals surface area contributed by atoms with Crippen molar-refractivity contribution in [3.63, 3.8) is 0 Å². The molecule has 3 aromatic heterocycles. The fourth-order valence-corrected chi connectivity index (χ4v) is 2.93. The number of hydrogen-bond donors (Lipinski definition) is 2. The average Bonchev–Trinajstić information content (AvgIpc) is 3.06. The Hall–Kier alpha value is -3.77. The summed E-state index contributed by atoms with van der Waals surface area (Å²) in [5.74, 6) is -0.0745. The number of imidazole rings is 1. The maximum absolute atomic E-state index is 14.4. The Bertz CT molecular complexity index is 1230. The van der Waals surface area contributed by atoms with Gasteiger partial charge >= 0.3 is 0 Å². The first kappa shape index (κ1) is 17.6. The van der Waals surface area contributed by atoms with Crippen molar-refractivity contribution in [1.82, 2.24) is 24.6 Å². The zero-order valence-electron chi connectivity index (χ0n) is 14.3. The molecule has 8 nitrogen and oxygen atoms in total. The Labute approximate surface area is 163 Å². The fourth-order valence-electron chi connectivity index (χ4n) is 2.76. The van der Waals surface area contributed by atoms with E-state index in [1.807, 2.05) is 6.07 Å². The summed E-state index contributed by atoms with van der Waals surface area (Å²) in [6.45, 7) is 0.197. The summed E-state index contributed by atoms with van der Waals surface area (Å²) >= 11 is 6.12. The van der Waals surface area contributed by atoms with E-state index in [9.17, 15) is 9.65 Å². The molecule has 1 aromatic carbocycles. The molecule has 0 bridgehead atoms. The molecule has 4 rings (SSSR count). The third kappa shape index (κ3) is 3.06. The predicted octanol–water partition coefficient (Wildman–Crippen LogP) is 3.04. The Morgan fingerprint density at radius 1 is 1.25 bits per heavy atom. The van der Waals surface area contributed by atoms with E-state index in [4.69, 9.17) is 17.3 Å². The van der Waals surface area contributed by atoms with Gasteiger partial charge < -0.3 is 11.1 Å². The monoisotopic (exact) mass is 394 g/mol. The summed E-state index contributed by atoms with van der Waals surface area (Å²) in [5.41, 5.74) is 7.69. The minimum absolute atomic E-state index is 0.0722. The van der Waals surface area contributed by atoms with Crippen molar-refractivity contribution in [3.05, 3.63) is 65.0 Å². The molecule has 0 saturated carbocycles. The molecule has 3 N–H and O–H groups in total. The van der Waals surface area contributed by atoms with E-state index in [-0.39, 0.29) is 23.7 Å². The Morgan fingerprint density at radius 3 is 2.86 bits per heavy atom. The van der Waals surface area contributed by atoms with Gasteiger partial charge in [-0.15, -0.1) is 0 Å². The van der Waals surface area contributed by atoms with E-state index in [0.29, 0.717) is 27.6 Å². The smallest absolute Gasteiger partial charge is 0.155 e. The van der Waals surface area contributed by atoms with Crippen molar-refractivity contribution in [2.24, 2.45) is 0 Å². The summed E-state index contributed by atoms with van der Waals surface area (Å²) in [4.78, 5) is 12.0. The van der Waals surface area contributed by atoms with Crippen molar-refractivity contribution in [1.29, 1.82) is 5.26 Å². The van der Waals surface area contributed by atoms with Gasteiger partial charge in [-0.25, -0.2) is 23.9 Å². The van der Waals surface area contributed by atoms with Gasteiger partial charge in [0.15, 0.2) is 10.8 Å². The number of nitriles is 1. The number of benzene rings is 1. The molecule has 0 unspecified atom stereocenters. The van der Waals surface area contributed by atoms with Gasteiger partial charge in [-0.2, -0.15) is 10.4 Å². The molecule has 0 saturated heterocycles. The molecule has 0 atom stereocenters. The molecule has 4 aromatic rings. The molecule has 28 heavy (non-hydrogen) atoms. The number of aromatic nitrogens is 5. The lowest BCUT2D eigenvalue weighted by atomic mass is 10.1. The molecule has 0 fully saturated rings. The van der Waals surface area contributed by atoms with Crippen molar-refractivity contribution < 1.29 is 4.39 Å². The van der Waals surface area contributed by atoms with Crippen molar-refractivity contribution in [2.45, 2.75) is 6.54 Å². The first-order valence-corrected chi connectivity index (χ1v) is 8.48. The quantitative estimate of drug-likeness (QED) is 0.546. The zero-order chi connectivity index (χ0) is 19.7. The fraction of sp³-hybridized carbons (Fsp3) is 0.0556. The maximum Gasteiger partial charge on any atom is 0.155 e. The van der Waals surface area contributed by atoms with Gasteiger partial charge in [0.25, 0.3) is 0 Å². The molecule has 0 spiro atoms. The molecular weight excluding hydrogens is 383 g/mol. The standard InChI is InChI=1S/C18H12ClFN8/c19-14-8-23-15-5-10(7-24-18-12(6-21)17(22)25-9-26-18)16(27-28(14)15)11-3-1-2-4-13(11)20/h1-5,8-9H,7H2,(H3,22,24,25,26). The number of nitrogens with one attached hydrogen (secondary N) is 1. The first-order chi connectivity index (χ1) is 13.6. The molecule has 0 radical (unpaired) electrons. The van der Waals surface area contributed by atoms with E-state index in [1.54, 1.807) is 24.3 Å². The van der Waals surface area contributed by atoms with Crippen LogP contribution in [-0.2, 0) is 6.54 Å². The van der Waals surface area contributed by atoms with Crippen molar-refractivity contribution in [2.75, 3.05) is 11.1 Å². The lowest BCUT2D eigenvalue weighted by Gasteiger charge is -2.13. The van der Waals surface area contributed by atoms with Crippen LogP contribution in [0.4, 0.5) is 16.0 Å². The molecule has 0 aliphatic heterocycles. The van der Waals surface area contributed by atoms with Gasteiger partial charge in [-0.3, -0.25) is 0 Å². The number of rotatable bonds is 4. The molecular formula is C18H12ClFN8. The molecule has 0 amide bonds. The molecule has 10 heteroatoms. The molecule has 0 aliphatic carbocycles. The van der Waals surface area contributed by atoms with Gasteiger partial charge in [-0.1, -0.05) is 23.7 Å². The third-order valence-electron chi connectivity index (χ3n) is 4.09. The number of nitrogen functional groups attached to an aromatic ring is 1. The number of anilines is 2. The van der Waals surface area contributed by atoms with Crippen LogP contribution in [0.3, 0.4) is 0 Å². The van der Waals surface area contributed by atoms with Crippen LogP contribution in [0.2, 0.25) is 5.15 Å². The van der Waals surface area contributed by atoms with Crippen LogP contribution in [0.5, 0.6) is 0 Å². The molecule has 138 valence electrons. The molecule has 3 heterocycles. The summed E-state index contributed by atoms with van der Waals surface area (Å²) in [5, 5.41) is 17.1. The third-order valence-corrected chi connectivity index (χ3v) is 4.35. The van der Waals surface area contributed by atoms with Crippen molar-refractivity contribution in [3.8, 4) is 17.3 Å². The van der Waals surface area contributed by atoms with Crippen LogP contribution in [0.1, 0.15) is 11.1 Å². The normalized spacial score (nSPS) is 10.8. The van der Waals surface area contributed by atoms with E-state index >= 15 is 0 Å². The summed E-state index contributed by atoms with van der Waals surface area (Å²) < 4.78 is 15.8. The lowest BCUT2D eigenvalue weighted by molar-refractivity contribution is 0.630. The van der Waals surface area contributed by atoms with Crippen LogP contribution in [0.25, 0.3) is 16.9 Å². The van der Waals surface area contributed by atoms with Gasteiger partial charge in [0.1, 0.15) is 35.4 Å². The SMILES string of the molecule is N#Cc1c(N)ncnc1NCc1cc2ncc(Cl)n2nc1-c1ccccc1F. The maximum atomic E-state index is 14.4. The van der Waals surface area contributed by atoms with Gasteiger partial charge in [0.05, 0.1) is 11.9 Å². The zero-order valence-corrected chi connectivity index (χ0v) is 15.0. The van der Waals surface area contributed by atoms with Crippen LogP contribution >= 0.6 is 11.6 Å². The van der Waals surface area contributed by atoms with Crippen LogP contribution < -0.4 is 11.1 Å². The van der Waals surface area contributed by atoms with E-state index < -0.39 is 5.82 Å². The largest absolute Gasteiger partial charge is 0.382 e. The van der Waals surface area contributed by atoms with Crippen LogP contribution in [0.15, 0.2) is 42.9 Å². The average molecular weight is 395 g/mol. The number of hydrogen-bond acceptors (Lipinski definition) is 7. The van der Waals surface area contributed by atoms with E-state index in [1.165, 1.54) is 23.1 Å². The number of halogens is 2.